The lowest BCUT2D eigenvalue weighted by molar-refractivity contribution is 1.09. The van der Waals surface area contributed by atoms with Crippen molar-refractivity contribution in [1.29, 1.82) is 0 Å². The molecular formula is C21H18. The molecule has 0 saturated heterocycles. The second-order valence-electron chi connectivity index (χ2n) is 5.88. The van der Waals surface area contributed by atoms with Crippen molar-refractivity contribution in [2.24, 2.45) is 0 Å². The molecule has 0 aromatic heterocycles. The molecule has 0 heterocycles. The maximum atomic E-state index is 2.30. The van der Waals surface area contributed by atoms with E-state index in [0.717, 1.165) is 12.8 Å². The highest BCUT2D eigenvalue weighted by Crippen LogP contribution is 2.39. The molecule has 0 amide bonds. The van der Waals surface area contributed by atoms with E-state index >= 15 is 0 Å². The zero-order chi connectivity index (χ0) is 14.2. The van der Waals surface area contributed by atoms with Crippen LogP contribution >= 0.6 is 0 Å². The molecule has 3 aromatic carbocycles. The van der Waals surface area contributed by atoms with Crippen LogP contribution in [0.2, 0.25) is 0 Å². The van der Waals surface area contributed by atoms with Gasteiger partial charge in [-0.25, -0.2) is 0 Å². The van der Waals surface area contributed by atoms with E-state index in [1.165, 1.54) is 38.9 Å². The summed E-state index contributed by atoms with van der Waals surface area (Å²) in [4.78, 5) is 0. The van der Waals surface area contributed by atoms with Gasteiger partial charge in [0, 0.05) is 0 Å². The Morgan fingerprint density at radius 2 is 1.52 bits per heavy atom. The molecule has 1 aliphatic carbocycles. The van der Waals surface area contributed by atoms with Crippen LogP contribution in [0.5, 0.6) is 0 Å². The minimum Gasteiger partial charge on any atom is -0.0622 e. The highest BCUT2D eigenvalue weighted by atomic mass is 14.2. The Morgan fingerprint density at radius 1 is 0.762 bits per heavy atom. The maximum absolute atomic E-state index is 2.30. The fraction of sp³-hybridized carbons (Fsp3) is 0.143. The van der Waals surface area contributed by atoms with E-state index in [1.54, 1.807) is 0 Å². The number of aryl methyl sites for hydroxylation is 1. The Labute approximate surface area is 126 Å². The summed E-state index contributed by atoms with van der Waals surface area (Å²) in [6.07, 6.45) is 2.11. The molecule has 1 aliphatic rings. The van der Waals surface area contributed by atoms with Crippen LogP contribution in [0.4, 0.5) is 0 Å². The van der Waals surface area contributed by atoms with Crippen LogP contribution in [0.3, 0.4) is 0 Å². The number of fused-ring (bicyclic) bond motifs is 3. The van der Waals surface area contributed by atoms with Crippen molar-refractivity contribution in [2.75, 3.05) is 0 Å². The molecule has 0 saturated carbocycles. The van der Waals surface area contributed by atoms with Gasteiger partial charge in [0.25, 0.3) is 0 Å². The van der Waals surface area contributed by atoms with Gasteiger partial charge in [-0.3, -0.25) is 0 Å². The lowest BCUT2D eigenvalue weighted by Crippen LogP contribution is -1.98. The zero-order valence-electron chi connectivity index (χ0n) is 12.3. The molecule has 0 unspecified atom stereocenters. The van der Waals surface area contributed by atoms with Crippen molar-refractivity contribution in [2.45, 2.75) is 19.8 Å². The summed E-state index contributed by atoms with van der Waals surface area (Å²) < 4.78 is 0. The minimum absolute atomic E-state index is 1.03. The first kappa shape index (κ1) is 12.4. The van der Waals surface area contributed by atoms with E-state index < -0.39 is 0 Å². The van der Waals surface area contributed by atoms with Crippen LogP contribution in [-0.4, -0.2) is 0 Å². The molecular weight excluding hydrogens is 252 g/mol. The third-order valence-electron chi connectivity index (χ3n) is 4.56. The molecule has 0 radical (unpaired) electrons. The molecule has 0 aliphatic heterocycles. The van der Waals surface area contributed by atoms with Crippen LogP contribution in [0.15, 0.2) is 66.7 Å². The standard InChI is InChI=1S/C21H18/c1-15-11-12-19-18-10-6-5-9-17(18)14-21(19)20(15)13-16-7-3-2-4-8-16/h2-12H,13-14H2,1H3. The molecule has 0 bridgehead atoms. The number of hydrogen-bond donors (Lipinski definition) is 0. The Bertz CT molecular complexity index is 798. The van der Waals surface area contributed by atoms with Gasteiger partial charge in [0.15, 0.2) is 0 Å². The van der Waals surface area contributed by atoms with Gasteiger partial charge in [0.05, 0.1) is 0 Å². The van der Waals surface area contributed by atoms with E-state index in [2.05, 4.69) is 73.7 Å². The smallest absolute Gasteiger partial charge is 0.00105 e. The summed E-state index contributed by atoms with van der Waals surface area (Å²) in [6.45, 7) is 2.24. The van der Waals surface area contributed by atoms with E-state index in [-0.39, 0.29) is 0 Å². The monoisotopic (exact) mass is 270 g/mol. The number of hydrogen-bond acceptors (Lipinski definition) is 0. The molecule has 102 valence electrons. The van der Waals surface area contributed by atoms with Crippen LogP contribution in [0.1, 0.15) is 27.8 Å². The predicted molar refractivity (Wildman–Crippen MR) is 88.7 cm³/mol. The van der Waals surface area contributed by atoms with E-state index in [9.17, 15) is 0 Å². The molecule has 0 nitrogen and oxygen atoms in total. The third kappa shape index (κ3) is 2.08. The summed E-state index contributed by atoms with van der Waals surface area (Å²) in [6, 6.07) is 24.2. The summed E-state index contributed by atoms with van der Waals surface area (Å²) in [5, 5.41) is 0. The van der Waals surface area contributed by atoms with Crippen molar-refractivity contribution < 1.29 is 0 Å². The molecule has 0 fully saturated rings. The first-order chi connectivity index (χ1) is 10.3. The highest BCUT2D eigenvalue weighted by Gasteiger charge is 2.21. The highest BCUT2D eigenvalue weighted by molar-refractivity contribution is 5.78. The molecule has 0 atom stereocenters. The molecule has 3 aromatic rings. The molecule has 0 N–H and O–H groups in total. The minimum atomic E-state index is 1.03. The summed E-state index contributed by atoms with van der Waals surface area (Å²) in [7, 11) is 0. The third-order valence-corrected chi connectivity index (χ3v) is 4.56. The Hall–Kier alpha value is -2.34. The van der Waals surface area contributed by atoms with Crippen molar-refractivity contribution >= 4 is 0 Å². The van der Waals surface area contributed by atoms with Crippen LogP contribution in [-0.2, 0) is 12.8 Å². The van der Waals surface area contributed by atoms with Crippen molar-refractivity contribution in [3.05, 3.63) is 94.5 Å². The first-order valence-corrected chi connectivity index (χ1v) is 7.56. The van der Waals surface area contributed by atoms with Gasteiger partial charge in [-0.05, 0) is 58.7 Å². The van der Waals surface area contributed by atoms with E-state index in [1.807, 2.05) is 0 Å². The second-order valence-corrected chi connectivity index (χ2v) is 5.88. The summed E-state index contributed by atoms with van der Waals surface area (Å²) in [5.41, 5.74) is 10.2. The fourth-order valence-electron chi connectivity index (χ4n) is 3.44. The predicted octanol–water partition coefficient (Wildman–Crippen LogP) is 5.16. The van der Waals surface area contributed by atoms with Crippen LogP contribution in [0.25, 0.3) is 11.1 Å². The van der Waals surface area contributed by atoms with Crippen molar-refractivity contribution in [3.8, 4) is 11.1 Å². The summed E-state index contributed by atoms with van der Waals surface area (Å²) >= 11 is 0. The average Bonchev–Trinajstić information content (AvgIpc) is 2.90. The number of rotatable bonds is 2. The molecule has 0 heteroatoms. The van der Waals surface area contributed by atoms with E-state index in [0.29, 0.717) is 0 Å². The van der Waals surface area contributed by atoms with Crippen LogP contribution in [0, 0.1) is 6.92 Å². The van der Waals surface area contributed by atoms with E-state index in [4.69, 9.17) is 0 Å². The lowest BCUT2D eigenvalue weighted by Gasteiger charge is -2.12. The average molecular weight is 270 g/mol. The molecule has 21 heavy (non-hydrogen) atoms. The normalized spacial score (nSPS) is 12.0. The Kier molecular flexibility index (Phi) is 2.89. The largest absolute Gasteiger partial charge is 0.0622 e. The Balaban J connectivity index is 1.83. The van der Waals surface area contributed by atoms with Crippen LogP contribution < -0.4 is 0 Å². The van der Waals surface area contributed by atoms with Gasteiger partial charge in [-0.15, -0.1) is 0 Å². The van der Waals surface area contributed by atoms with Crippen molar-refractivity contribution in [1.82, 2.24) is 0 Å². The van der Waals surface area contributed by atoms with Gasteiger partial charge in [0.1, 0.15) is 0 Å². The maximum Gasteiger partial charge on any atom is -0.00105 e. The topological polar surface area (TPSA) is 0 Å². The van der Waals surface area contributed by atoms with Gasteiger partial charge < -0.3 is 0 Å². The molecule has 0 spiro atoms. The fourth-order valence-corrected chi connectivity index (χ4v) is 3.44. The summed E-state index contributed by atoms with van der Waals surface area (Å²) in [5.74, 6) is 0. The van der Waals surface area contributed by atoms with Gasteiger partial charge in [0.2, 0.25) is 0 Å². The van der Waals surface area contributed by atoms with Gasteiger partial charge in [-0.1, -0.05) is 66.7 Å². The number of benzene rings is 3. The SMILES string of the molecule is Cc1ccc2c(c1Cc1ccccc1)Cc1ccccc1-2. The Morgan fingerprint density at radius 3 is 2.38 bits per heavy atom. The van der Waals surface area contributed by atoms with Crippen molar-refractivity contribution in [3.63, 3.8) is 0 Å². The van der Waals surface area contributed by atoms with Gasteiger partial charge in [-0.2, -0.15) is 0 Å². The zero-order valence-corrected chi connectivity index (χ0v) is 12.3. The van der Waals surface area contributed by atoms with Gasteiger partial charge >= 0.3 is 0 Å². The lowest BCUT2D eigenvalue weighted by atomic mass is 9.92. The first-order valence-electron chi connectivity index (χ1n) is 7.56. The molecule has 4 rings (SSSR count). The quantitative estimate of drug-likeness (QED) is 0.472. The second kappa shape index (κ2) is 4.89.